The summed E-state index contributed by atoms with van der Waals surface area (Å²) in [6, 6.07) is 64.7. The van der Waals surface area contributed by atoms with Crippen molar-refractivity contribution >= 4 is 21.8 Å². The van der Waals surface area contributed by atoms with E-state index in [0.29, 0.717) is 0 Å². The SMILES string of the molecule is Cc1cccc([S+](c2ccc(Cc3ccc([I+]c4ccc(Cc5ccc([S+](c6cccc(C)c6C)c6cccc(C)c6C)cc5)cc4)cc3)cc2)c2cccc(C)c2C)c1C.[O-][Cl+3]([O-])([O-])[O-].[O-][Cl+3]([O-])([O-])[O-].[O-][Cl+3]([O-])([O-])[O-]. The highest BCUT2D eigenvalue weighted by Gasteiger charge is 2.34. The topological polar surface area (TPSA) is 277 Å². The van der Waals surface area contributed by atoms with Gasteiger partial charge in [-0.3, -0.25) is 0 Å². The summed E-state index contributed by atoms with van der Waals surface area (Å²) in [5.41, 5.74) is 16.4. The largest absolute Gasteiger partial charge is 0.357 e. The lowest BCUT2D eigenvalue weighted by Crippen LogP contribution is -3.61. The second kappa shape index (κ2) is 27.9. The van der Waals surface area contributed by atoms with Gasteiger partial charge in [0, 0.05) is 22.3 Å². The highest BCUT2D eigenvalue weighted by Crippen LogP contribution is 2.38. The van der Waals surface area contributed by atoms with Crippen LogP contribution in [0.2, 0.25) is 0 Å². The Bertz CT molecular complexity index is 2800. The van der Waals surface area contributed by atoms with Crippen molar-refractivity contribution in [2.75, 3.05) is 0 Å². The summed E-state index contributed by atoms with van der Waals surface area (Å²) in [7, 11) is -15.2. The molecule has 18 heteroatoms. The first kappa shape index (κ1) is 62.4. The molecule has 0 unspecified atom stereocenters. The zero-order valence-corrected chi connectivity index (χ0v) is 48.9. The molecule has 8 rings (SSSR count). The van der Waals surface area contributed by atoms with Gasteiger partial charge in [-0.1, -0.05) is 97.1 Å². The highest BCUT2D eigenvalue weighted by atomic mass is 127. The minimum Gasteiger partial charge on any atom is -0.222 e. The van der Waals surface area contributed by atoms with E-state index in [0.717, 1.165) is 12.8 Å². The van der Waals surface area contributed by atoms with Crippen molar-refractivity contribution in [2.45, 2.75) is 97.6 Å². The first-order valence-electron chi connectivity index (χ1n) is 23.1. The van der Waals surface area contributed by atoms with Crippen LogP contribution in [0.5, 0.6) is 0 Å². The maximum Gasteiger partial charge on any atom is 0.357 e. The number of hydrogen-bond donors (Lipinski definition) is 0. The van der Waals surface area contributed by atoms with Crippen LogP contribution in [0.3, 0.4) is 0 Å². The maximum absolute atomic E-state index is 8.49. The predicted octanol–water partition coefficient (Wildman–Crippen LogP) is -2.61. The van der Waals surface area contributed by atoms with Crippen LogP contribution in [0.15, 0.2) is 199 Å². The molecule has 76 heavy (non-hydrogen) atoms. The van der Waals surface area contributed by atoms with Gasteiger partial charge in [0.15, 0.2) is 36.5 Å². The van der Waals surface area contributed by atoms with E-state index in [9.17, 15) is 0 Å². The van der Waals surface area contributed by atoms with Gasteiger partial charge in [-0.2, -0.15) is 0 Å². The van der Waals surface area contributed by atoms with Crippen molar-refractivity contribution in [3.63, 3.8) is 0 Å². The van der Waals surface area contributed by atoms with E-state index in [4.69, 9.17) is 55.9 Å². The molecule has 0 heterocycles. The van der Waals surface area contributed by atoms with Crippen LogP contribution in [-0.4, -0.2) is 0 Å². The fourth-order valence-electron chi connectivity index (χ4n) is 7.94. The molecular weight excluding hydrogens is 1190 g/mol. The Morgan fingerprint density at radius 1 is 0.289 bits per heavy atom. The molecule has 8 aromatic rings. The molecule has 0 saturated heterocycles. The Morgan fingerprint density at radius 2 is 0.487 bits per heavy atom. The zero-order chi connectivity index (χ0) is 56.1. The van der Waals surface area contributed by atoms with Gasteiger partial charge in [-0.05, 0) is 186 Å². The Balaban J connectivity index is 0.000000627. The lowest BCUT2D eigenvalue weighted by atomic mass is 10.1. The molecule has 0 saturated carbocycles. The molecule has 0 aliphatic heterocycles. The molecule has 0 radical (unpaired) electrons. The Hall–Kier alpha value is -4.42. The molecule has 0 aromatic heterocycles. The zero-order valence-electron chi connectivity index (χ0n) is 42.8. The number of halogens is 4. The van der Waals surface area contributed by atoms with Crippen LogP contribution in [0.1, 0.15) is 66.8 Å². The molecular formula is C58H56Cl3IO12S2. The fraction of sp³-hybridized carbons (Fsp3) is 0.172. The number of hydrogen-bond acceptors (Lipinski definition) is 12. The first-order chi connectivity index (χ1) is 35.5. The van der Waals surface area contributed by atoms with Crippen LogP contribution in [0, 0.1) is 93.3 Å². The van der Waals surface area contributed by atoms with E-state index >= 15 is 0 Å². The molecule has 0 fully saturated rings. The van der Waals surface area contributed by atoms with E-state index in [2.05, 4.69) is 225 Å². The third-order valence-electron chi connectivity index (χ3n) is 12.3. The lowest BCUT2D eigenvalue weighted by molar-refractivity contribution is -2.00. The third-order valence-corrected chi connectivity index (χ3v) is 20.0. The minimum absolute atomic E-state index is 0.162. The molecule has 0 aliphatic carbocycles. The Labute approximate surface area is 467 Å². The van der Waals surface area contributed by atoms with E-state index in [1.807, 2.05) is 0 Å². The second-order valence-electron chi connectivity index (χ2n) is 17.5. The number of rotatable bonds is 12. The van der Waals surface area contributed by atoms with Crippen molar-refractivity contribution in [1.82, 2.24) is 0 Å². The van der Waals surface area contributed by atoms with Gasteiger partial charge in [-0.15, -0.1) is 30.7 Å². The van der Waals surface area contributed by atoms with E-state index in [1.165, 1.54) is 103 Å². The van der Waals surface area contributed by atoms with Crippen LogP contribution in [-0.2, 0) is 34.6 Å². The monoisotopic (exact) mass is 1240 g/mol. The number of benzene rings is 8. The third kappa shape index (κ3) is 20.1. The molecule has 0 aliphatic rings. The van der Waals surface area contributed by atoms with Crippen LogP contribution in [0.4, 0.5) is 0 Å². The normalized spacial score (nSPS) is 11.6. The van der Waals surface area contributed by atoms with Crippen molar-refractivity contribution < 1.29 is 108 Å². The Kier molecular flexibility index (Phi) is 23.0. The standard InChI is InChI=1S/C58H56IS2.3ClHO4/c1-39-13-9-17-55(43(39)5)60(56-18-10-14-40(2)44(56)6)53-33-25-49(26-34-53)37-47-21-29-51(30-22-47)59-52-31-23-48(24-32-52)38-50-27-35-54(36-28-50)61(57-19-11-15-41(3)45(57)7)58-20-12-16-42(4)46(58)8;3*2-1(3,4)5/h9-36H,37-38H2,1-8H3;3*(H,2,3,4,5)/q+3;;;/p-3. The molecule has 8 aromatic carbocycles. The molecule has 0 N–H and O–H groups in total. The van der Waals surface area contributed by atoms with Gasteiger partial charge in [0.05, 0.1) is 21.8 Å². The Morgan fingerprint density at radius 3 is 0.697 bits per heavy atom. The summed E-state index contributed by atoms with van der Waals surface area (Å²) in [5.74, 6) is 0. The van der Waals surface area contributed by atoms with Gasteiger partial charge >= 0.3 is 21.2 Å². The van der Waals surface area contributed by atoms with Crippen molar-refractivity contribution in [3.8, 4) is 0 Å². The fourth-order valence-corrected chi connectivity index (χ4v) is 15.1. The molecule has 0 bridgehead atoms. The summed E-state index contributed by atoms with van der Waals surface area (Å²) in [6.45, 7) is 18.0. The second-order valence-corrected chi connectivity index (χ2v) is 26.8. The van der Waals surface area contributed by atoms with Crippen molar-refractivity contribution in [3.05, 3.63) is 244 Å². The summed E-state index contributed by atoms with van der Waals surface area (Å²) in [5, 5.41) is 0. The minimum atomic E-state index is -4.94. The van der Waals surface area contributed by atoms with Crippen molar-refractivity contribution in [2.24, 2.45) is 0 Å². The predicted molar refractivity (Wildman–Crippen MR) is 257 cm³/mol. The van der Waals surface area contributed by atoms with Gasteiger partial charge in [-0.25, -0.2) is 55.9 Å². The van der Waals surface area contributed by atoms with Crippen LogP contribution < -0.4 is 77.1 Å². The first-order valence-corrected chi connectivity index (χ1v) is 31.4. The maximum atomic E-state index is 8.49. The smallest absolute Gasteiger partial charge is 0.222 e. The quantitative estimate of drug-likeness (QED) is 0.0899. The van der Waals surface area contributed by atoms with E-state index < -0.39 is 30.7 Å². The molecule has 0 amide bonds. The van der Waals surface area contributed by atoms with Gasteiger partial charge in [0.2, 0.25) is 0 Å². The highest BCUT2D eigenvalue weighted by molar-refractivity contribution is 7.97. The summed E-state index contributed by atoms with van der Waals surface area (Å²) < 4.78 is 105. The van der Waals surface area contributed by atoms with Crippen LogP contribution in [0.25, 0.3) is 0 Å². The van der Waals surface area contributed by atoms with E-state index in [-0.39, 0.29) is 43.0 Å². The molecule has 0 atom stereocenters. The summed E-state index contributed by atoms with van der Waals surface area (Å²) in [4.78, 5) is 8.45. The summed E-state index contributed by atoms with van der Waals surface area (Å²) in [6.07, 6.45) is 1.88. The summed E-state index contributed by atoms with van der Waals surface area (Å²) >= 11 is -0.251. The van der Waals surface area contributed by atoms with Crippen LogP contribution >= 0.6 is 0 Å². The number of aryl methyl sites for hydroxylation is 4. The van der Waals surface area contributed by atoms with E-state index in [1.54, 1.807) is 0 Å². The molecule has 400 valence electrons. The molecule has 0 spiro atoms. The van der Waals surface area contributed by atoms with Gasteiger partial charge in [0.25, 0.3) is 0 Å². The van der Waals surface area contributed by atoms with Gasteiger partial charge < -0.3 is 0 Å². The average molecular weight is 1240 g/mol. The molecule has 12 nitrogen and oxygen atoms in total. The van der Waals surface area contributed by atoms with Gasteiger partial charge in [0.1, 0.15) is 0 Å². The lowest BCUT2D eigenvalue weighted by Gasteiger charge is -2.17. The average Bonchev–Trinajstić information content (AvgIpc) is 3.33. The van der Waals surface area contributed by atoms with Crippen molar-refractivity contribution in [1.29, 1.82) is 0 Å².